The van der Waals surface area contributed by atoms with Gasteiger partial charge in [-0.2, -0.15) is 0 Å². The molecule has 2 aromatic heterocycles. The lowest BCUT2D eigenvalue weighted by atomic mass is 10.0. The number of sulfonamides is 1. The summed E-state index contributed by atoms with van der Waals surface area (Å²) in [6.45, 7) is 4.79. The Morgan fingerprint density at radius 3 is 2.66 bits per heavy atom. The van der Waals surface area contributed by atoms with Gasteiger partial charge in [0, 0.05) is 36.8 Å². The van der Waals surface area contributed by atoms with Crippen LogP contribution in [0.3, 0.4) is 0 Å². The van der Waals surface area contributed by atoms with Crippen LogP contribution in [0.5, 0.6) is 0 Å². The Balaban J connectivity index is 1.65. The van der Waals surface area contributed by atoms with Crippen LogP contribution in [0.1, 0.15) is 11.8 Å². The third-order valence-electron chi connectivity index (χ3n) is 5.11. The first-order chi connectivity index (χ1) is 13.7. The highest BCUT2D eigenvalue weighted by molar-refractivity contribution is 7.89. The first-order valence-corrected chi connectivity index (χ1v) is 11.9. The van der Waals surface area contributed by atoms with Gasteiger partial charge < -0.3 is 15.4 Å². The number of halogens is 1. The van der Waals surface area contributed by atoms with Gasteiger partial charge in [0.25, 0.3) is 0 Å². The van der Waals surface area contributed by atoms with Crippen LogP contribution >= 0.6 is 22.9 Å². The first kappa shape index (κ1) is 20.4. The topological polar surface area (TPSA) is 101 Å². The fourth-order valence-electron chi connectivity index (χ4n) is 3.46. The zero-order valence-electron chi connectivity index (χ0n) is 16.1. The van der Waals surface area contributed by atoms with Crippen LogP contribution in [0.4, 0.5) is 5.82 Å². The number of nitrogens with two attached hydrogens (primary N) is 1. The summed E-state index contributed by atoms with van der Waals surface area (Å²) >= 11 is 7.91. The molecule has 4 heterocycles. The number of pyridine rings is 1. The van der Waals surface area contributed by atoms with Gasteiger partial charge in [0.1, 0.15) is 11.4 Å². The average Bonchev–Trinajstić information content (AvgIpc) is 3.09. The molecule has 11 heteroatoms. The van der Waals surface area contributed by atoms with Gasteiger partial charge in [-0.15, -0.1) is 11.3 Å². The largest absolute Gasteiger partial charge is 0.378 e. The molecule has 0 spiro atoms. The number of hydrogen-bond donors (Lipinski definition) is 1. The molecule has 1 atom stereocenters. The molecule has 2 aliphatic heterocycles. The van der Waals surface area contributed by atoms with Crippen LogP contribution in [-0.4, -0.2) is 62.8 Å². The first-order valence-electron chi connectivity index (χ1n) is 9.10. The Labute approximate surface area is 179 Å². The third-order valence-corrected chi connectivity index (χ3v) is 8.90. The van der Waals surface area contributed by atoms with Crippen molar-refractivity contribution >= 4 is 44.7 Å². The number of anilines is 1. The highest BCUT2D eigenvalue weighted by Crippen LogP contribution is 2.44. The maximum atomic E-state index is 12.5. The number of aromatic nitrogens is 1. The Kier molecular flexibility index (Phi) is 5.22. The molecule has 1 fully saturated rings. The average molecular weight is 456 g/mol. The van der Waals surface area contributed by atoms with E-state index in [4.69, 9.17) is 22.1 Å². The highest BCUT2D eigenvalue weighted by Gasteiger charge is 2.42. The molecule has 29 heavy (non-hydrogen) atoms. The second-order valence-electron chi connectivity index (χ2n) is 7.26. The van der Waals surface area contributed by atoms with Gasteiger partial charge >= 0.3 is 0 Å². The van der Waals surface area contributed by atoms with Crippen LogP contribution in [0.25, 0.3) is 10.4 Å². The molecule has 1 saturated heterocycles. The zero-order chi connectivity index (χ0) is 20.8. The van der Waals surface area contributed by atoms with E-state index in [9.17, 15) is 8.42 Å². The van der Waals surface area contributed by atoms with Crippen molar-refractivity contribution in [1.29, 1.82) is 0 Å². The molecular formula is C18H22ClN5O3S2. The van der Waals surface area contributed by atoms with Crippen molar-refractivity contribution in [3.63, 3.8) is 0 Å². The number of ether oxygens (including phenoxy) is 1. The van der Waals surface area contributed by atoms with E-state index in [0.29, 0.717) is 23.1 Å². The summed E-state index contributed by atoms with van der Waals surface area (Å²) < 4.78 is 31.3. The summed E-state index contributed by atoms with van der Waals surface area (Å²) in [6, 6.07) is 5.80. The molecule has 0 saturated carbocycles. The van der Waals surface area contributed by atoms with E-state index in [-0.39, 0.29) is 11.7 Å². The predicted molar refractivity (Wildman–Crippen MR) is 116 cm³/mol. The molecular weight excluding hydrogens is 434 g/mol. The minimum Gasteiger partial charge on any atom is -0.378 e. The number of nitrogens with zero attached hydrogens (tertiary/aromatic N) is 4. The van der Waals surface area contributed by atoms with E-state index in [0.717, 1.165) is 33.7 Å². The number of rotatable bonds is 3. The quantitative estimate of drug-likeness (QED) is 0.760. The standard InChI is InChI=1S/C18H22ClN5O3S2/c1-18(11-29(25,26)23(2)17(20)22-18)16-13(19)9-14(28-16)12-3-4-15(21-10-12)24-5-7-27-8-6-24/h3-4,9-10H,5-8,11H2,1-2H3,(H2,20,22). The Hall–Kier alpha value is -1.88. The molecule has 2 aromatic rings. The smallest absolute Gasteiger partial charge is 0.239 e. The van der Waals surface area contributed by atoms with Crippen molar-refractivity contribution in [2.24, 2.45) is 10.7 Å². The number of hydrogen-bond acceptors (Lipinski definition) is 8. The van der Waals surface area contributed by atoms with Gasteiger partial charge in [-0.25, -0.2) is 22.7 Å². The lowest BCUT2D eigenvalue weighted by Gasteiger charge is -2.33. The van der Waals surface area contributed by atoms with Crippen LogP contribution in [0, 0.1) is 0 Å². The summed E-state index contributed by atoms with van der Waals surface area (Å²) in [4.78, 5) is 12.8. The summed E-state index contributed by atoms with van der Waals surface area (Å²) in [5.74, 6) is 0.678. The van der Waals surface area contributed by atoms with Gasteiger partial charge in [0.2, 0.25) is 16.0 Å². The molecule has 1 unspecified atom stereocenters. The zero-order valence-corrected chi connectivity index (χ0v) is 18.5. The Morgan fingerprint density at radius 1 is 1.31 bits per heavy atom. The SMILES string of the molecule is CN1C(N)=NC(C)(c2sc(-c3ccc(N4CCOCC4)nc3)cc2Cl)CS1(=O)=O. The summed E-state index contributed by atoms with van der Waals surface area (Å²) in [6.07, 6.45) is 1.81. The Morgan fingerprint density at radius 2 is 2.03 bits per heavy atom. The van der Waals surface area contributed by atoms with Gasteiger partial charge in [-0.1, -0.05) is 11.6 Å². The molecule has 0 radical (unpaired) electrons. The highest BCUT2D eigenvalue weighted by atomic mass is 35.5. The fraction of sp³-hybridized carbons (Fsp3) is 0.444. The van der Waals surface area contributed by atoms with E-state index in [2.05, 4.69) is 14.9 Å². The minimum absolute atomic E-state index is 0.0405. The van der Waals surface area contributed by atoms with Gasteiger partial charge in [0.15, 0.2) is 0 Å². The molecule has 0 aromatic carbocycles. The Bertz CT molecular complexity index is 1050. The molecule has 0 amide bonds. The second kappa shape index (κ2) is 7.42. The van der Waals surface area contributed by atoms with Crippen LogP contribution in [0.15, 0.2) is 29.4 Å². The molecule has 0 bridgehead atoms. The van der Waals surface area contributed by atoms with Crippen LogP contribution < -0.4 is 10.6 Å². The van der Waals surface area contributed by atoms with Crippen molar-refractivity contribution in [3.8, 4) is 10.4 Å². The fourth-order valence-corrected chi connectivity index (χ4v) is 6.61. The van der Waals surface area contributed by atoms with Crippen LogP contribution in [-0.2, 0) is 20.3 Å². The van der Waals surface area contributed by atoms with E-state index in [1.54, 1.807) is 6.92 Å². The normalized spacial score (nSPS) is 24.4. The van der Waals surface area contributed by atoms with Gasteiger partial charge in [-0.05, 0) is 25.1 Å². The maximum Gasteiger partial charge on any atom is 0.239 e. The summed E-state index contributed by atoms with van der Waals surface area (Å²) in [5.41, 5.74) is 5.74. The predicted octanol–water partition coefficient (Wildman–Crippen LogP) is 2.11. The number of aliphatic imine (C=N–C) groups is 1. The van der Waals surface area contributed by atoms with Gasteiger partial charge in [0.05, 0.1) is 28.9 Å². The van der Waals surface area contributed by atoms with Crippen molar-refractivity contribution in [1.82, 2.24) is 9.29 Å². The molecule has 156 valence electrons. The van der Waals surface area contributed by atoms with E-state index < -0.39 is 15.6 Å². The van der Waals surface area contributed by atoms with Crippen molar-refractivity contribution in [2.45, 2.75) is 12.5 Å². The molecule has 2 N–H and O–H groups in total. The molecule has 8 nitrogen and oxygen atoms in total. The monoisotopic (exact) mass is 455 g/mol. The number of guanidine groups is 1. The van der Waals surface area contributed by atoms with E-state index in [1.807, 2.05) is 24.4 Å². The van der Waals surface area contributed by atoms with Crippen LogP contribution in [0.2, 0.25) is 5.02 Å². The molecule has 2 aliphatic rings. The van der Waals surface area contributed by atoms with Gasteiger partial charge in [-0.3, -0.25) is 0 Å². The number of thiophene rings is 1. The lowest BCUT2D eigenvalue weighted by molar-refractivity contribution is 0.122. The van der Waals surface area contributed by atoms with E-state index >= 15 is 0 Å². The molecule has 4 rings (SSSR count). The van der Waals surface area contributed by atoms with Crippen molar-refractivity contribution < 1.29 is 13.2 Å². The minimum atomic E-state index is -3.56. The number of morpholine rings is 1. The lowest BCUT2D eigenvalue weighted by Crippen LogP contribution is -2.50. The summed E-state index contributed by atoms with van der Waals surface area (Å²) in [5, 5.41) is 0.473. The van der Waals surface area contributed by atoms with Crippen molar-refractivity contribution in [3.05, 3.63) is 34.3 Å². The third kappa shape index (κ3) is 3.81. The summed E-state index contributed by atoms with van der Waals surface area (Å²) in [7, 11) is -2.16. The van der Waals surface area contributed by atoms with E-state index in [1.165, 1.54) is 18.4 Å². The van der Waals surface area contributed by atoms with Crippen molar-refractivity contribution in [2.75, 3.05) is 44.0 Å². The second-order valence-corrected chi connectivity index (χ2v) is 10.7. The maximum absolute atomic E-state index is 12.5. The molecule has 0 aliphatic carbocycles.